The number of aromatic nitrogens is 2. The summed E-state index contributed by atoms with van der Waals surface area (Å²) in [4.78, 5) is 11.3. The van der Waals surface area contributed by atoms with Gasteiger partial charge < -0.3 is 4.90 Å². The average Bonchev–Trinajstić information content (AvgIpc) is 2.51. The SMILES string of the molecule is Clc1nc(N2CCCCC2)nc(-c2ccccc2)c1Br. The van der Waals surface area contributed by atoms with E-state index in [0.29, 0.717) is 5.15 Å². The molecule has 0 aliphatic carbocycles. The van der Waals surface area contributed by atoms with Crippen LogP contribution in [0.3, 0.4) is 0 Å². The predicted octanol–water partition coefficient (Wildman–Crippen LogP) is 4.55. The first-order chi connectivity index (χ1) is 9.75. The maximum Gasteiger partial charge on any atom is 0.227 e. The third-order valence-corrected chi connectivity index (χ3v) is 4.74. The topological polar surface area (TPSA) is 29.0 Å². The Morgan fingerprint density at radius 2 is 1.70 bits per heavy atom. The van der Waals surface area contributed by atoms with Gasteiger partial charge in [0.1, 0.15) is 5.15 Å². The molecule has 1 aromatic carbocycles. The van der Waals surface area contributed by atoms with Gasteiger partial charge in [-0.1, -0.05) is 41.9 Å². The molecule has 0 atom stereocenters. The van der Waals surface area contributed by atoms with Crippen molar-refractivity contribution in [1.29, 1.82) is 0 Å². The number of hydrogen-bond acceptors (Lipinski definition) is 3. The molecule has 3 nitrogen and oxygen atoms in total. The van der Waals surface area contributed by atoms with Crippen molar-refractivity contribution >= 4 is 33.5 Å². The number of halogens is 2. The second-order valence-electron chi connectivity index (χ2n) is 4.89. The summed E-state index contributed by atoms with van der Waals surface area (Å²) in [5.41, 5.74) is 1.90. The van der Waals surface area contributed by atoms with Gasteiger partial charge in [0.15, 0.2) is 0 Å². The maximum absolute atomic E-state index is 6.26. The van der Waals surface area contributed by atoms with Crippen molar-refractivity contribution in [2.45, 2.75) is 19.3 Å². The number of nitrogens with zero attached hydrogens (tertiary/aromatic N) is 3. The van der Waals surface area contributed by atoms with Crippen LogP contribution >= 0.6 is 27.5 Å². The zero-order valence-electron chi connectivity index (χ0n) is 11.0. The van der Waals surface area contributed by atoms with Crippen LogP contribution in [0.4, 0.5) is 5.95 Å². The Morgan fingerprint density at radius 1 is 1.00 bits per heavy atom. The molecule has 2 aromatic rings. The minimum absolute atomic E-state index is 0.472. The van der Waals surface area contributed by atoms with E-state index < -0.39 is 0 Å². The van der Waals surface area contributed by atoms with E-state index in [1.54, 1.807) is 0 Å². The summed E-state index contributed by atoms with van der Waals surface area (Å²) >= 11 is 9.76. The van der Waals surface area contributed by atoms with Gasteiger partial charge in [0.25, 0.3) is 0 Å². The Balaban J connectivity index is 2.03. The minimum Gasteiger partial charge on any atom is -0.341 e. The molecule has 1 aliphatic heterocycles. The van der Waals surface area contributed by atoms with Gasteiger partial charge in [-0.25, -0.2) is 4.98 Å². The molecule has 104 valence electrons. The Hall–Kier alpha value is -1.13. The fourth-order valence-corrected chi connectivity index (χ4v) is 3.00. The summed E-state index contributed by atoms with van der Waals surface area (Å²) < 4.78 is 0.756. The molecule has 20 heavy (non-hydrogen) atoms. The molecule has 5 heteroatoms. The van der Waals surface area contributed by atoms with Gasteiger partial charge in [0.05, 0.1) is 10.2 Å². The molecule has 0 unspecified atom stereocenters. The molecule has 2 heterocycles. The predicted molar refractivity (Wildman–Crippen MR) is 86.2 cm³/mol. The molecule has 0 N–H and O–H groups in total. The molecular weight excluding hydrogens is 338 g/mol. The number of hydrogen-bond donors (Lipinski definition) is 0. The summed E-state index contributed by atoms with van der Waals surface area (Å²) in [6.07, 6.45) is 3.67. The first-order valence-corrected chi connectivity index (χ1v) is 7.96. The molecule has 1 aliphatic rings. The van der Waals surface area contributed by atoms with E-state index in [-0.39, 0.29) is 0 Å². The van der Waals surface area contributed by atoms with Crippen molar-refractivity contribution in [1.82, 2.24) is 9.97 Å². The Morgan fingerprint density at radius 3 is 2.40 bits per heavy atom. The van der Waals surface area contributed by atoms with Gasteiger partial charge in [-0.3, -0.25) is 0 Å². The summed E-state index contributed by atoms with van der Waals surface area (Å²) in [7, 11) is 0. The lowest BCUT2D eigenvalue weighted by molar-refractivity contribution is 0.568. The van der Waals surface area contributed by atoms with Gasteiger partial charge in [-0.2, -0.15) is 4.98 Å². The van der Waals surface area contributed by atoms with Crippen molar-refractivity contribution in [2.75, 3.05) is 18.0 Å². The lowest BCUT2D eigenvalue weighted by Crippen LogP contribution is -2.31. The van der Waals surface area contributed by atoms with Gasteiger partial charge in [-0.15, -0.1) is 0 Å². The quantitative estimate of drug-likeness (QED) is 0.742. The van der Waals surface area contributed by atoms with Crippen LogP contribution in [-0.2, 0) is 0 Å². The molecule has 0 spiro atoms. The van der Waals surface area contributed by atoms with Crippen LogP contribution in [0, 0.1) is 0 Å². The third kappa shape index (κ3) is 2.81. The van der Waals surface area contributed by atoms with Crippen molar-refractivity contribution in [2.24, 2.45) is 0 Å². The Bertz CT molecular complexity index is 598. The molecule has 1 fully saturated rings. The highest BCUT2D eigenvalue weighted by Crippen LogP contribution is 2.33. The van der Waals surface area contributed by atoms with Crippen LogP contribution in [0.15, 0.2) is 34.8 Å². The highest BCUT2D eigenvalue weighted by Gasteiger charge is 2.18. The average molecular weight is 353 g/mol. The van der Waals surface area contributed by atoms with Crippen molar-refractivity contribution < 1.29 is 0 Å². The monoisotopic (exact) mass is 351 g/mol. The van der Waals surface area contributed by atoms with E-state index in [4.69, 9.17) is 16.6 Å². The van der Waals surface area contributed by atoms with Crippen LogP contribution < -0.4 is 4.90 Å². The standard InChI is InChI=1S/C15H15BrClN3/c16-12-13(11-7-3-1-4-8-11)18-15(19-14(12)17)20-9-5-2-6-10-20/h1,3-4,7-8H,2,5-6,9-10H2. The summed E-state index contributed by atoms with van der Waals surface area (Å²) in [5.74, 6) is 0.733. The van der Waals surface area contributed by atoms with Gasteiger partial charge in [0.2, 0.25) is 5.95 Å². The van der Waals surface area contributed by atoms with Crippen molar-refractivity contribution in [3.05, 3.63) is 40.0 Å². The van der Waals surface area contributed by atoms with Crippen LogP contribution in [0.25, 0.3) is 11.3 Å². The van der Waals surface area contributed by atoms with Crippen LogP contribution in [0.1, 0.15) is 19.3 Å². The zero-order chi connectivity index (χ0) is 13.9. The first kappa shape index (κ1) is 13.8. The second-order valence-corrected chi connectivity index (χ2v) is 6.04. The largest absolute Gasteiger partial charge is 0.341 e. The smallest absolute Gasteiger partial charge is 0.227 e. The van der Waals surface area contributed by atoms with E-state index in [1.807, 2.05) is 30.3 Å². The summed E-state index contributed by atoms with van der Waals surface area (Å²) in [6.45, 7) is 2.01. The van der Waals surface area contributed by atoms with Crippen LogP contribution in [0.5, 0.6) is 0 Å². The van der Waals surface area contributed by atoms with E-state index >= 15 is 0 Å². The number of anilines is 1. The van der Waals surface area contributed by atoms with E-state index in [0.717, 1.165) is 34.8 Å². The van der Waals surface area contributed by atoms with E-state index in [9.17, 15) is 0 Å². The van der Waals surface area contributed by atoms with Crippen molar-refractivity contribution in [3.63, 3.8) is 0 Å². The molecule has 1 aromatic heterocycles. The number of piperidine rings is 1. The second kappa shape index (κ2) is 6.10. The highest BCUT2D eigenvalue weighted by atomic mass is 79.9. The van der Waals surface area contributed by atoms with E-state index in [2.05, 4.69) is 25.8 Å². The van der Waals surface area contributed by atoms with Crippen LogP contribution in [-0.4, -0.2) is 23.1 Å². The zero-order valence-corrected chi connectivity index (χ0v) is 13.4. The van der Waals surface area contributed by atoms with Gasteiger partial charge in [0, 0.05) is 18.7 Å². The van der Waals surface area contributed by atoms with Crippen molar-refractivity contribution in [3.8, 4) is 11.3 Å². The molecular formula is C15H15BrClN3. The lowest BCUT2D eigenvalue weighted by Gasteiger charge is -2.27. The van der Waals surface area contributed by atoms with E-state index in [1.165, 1.54) is 19.3 Å². The molecule has 1 saturated heterocycles. The normalized spacial score (nSPS) is 15.4. The molecule has 0 radical (unpaired) electrons. The Kier molecular flexibility index (Phi) is 4.22. The molecule has 3 rings (SSSR count). The fourth-order valence-electron chi connectivity index (χ4n) is 2.43. The highest BCUT2D eigenvalue weighted by molar-refractivity contribution is 9.10. The summed E-state index contributed by atoms with van der Waals surface area (Å²) in [5, 5.41) is 0.472. The lowest BCUT2D eigenvalue weighted by atomic mass is 10.1. The van der Waals surface area contributed by atoms with Gasteiger partial charge >= 0.3 is 0 Å². The number of rotatable bonds is 2. The first-order valence-electron chi connectivity index (χ1n) is 6.79. The number of benzene rings is 1. The molecule has 0 saturated carbocycles. The third-order valence-electron chi connectivity index (χ3n) is 3.49. The fraction of sp³-hybridized carbons (Fsp3) is 0.333. The Labute approximate surface area is 132 Å². The van der Waals surface area contributed by atoms with Gasteiger partial charge in [-0.05, 0) is 35.2 Å². The summed E-state index contributed by atoms with van der Waals surface area (Å²) in [6, 6.07) is 10.1. The maximum atomic E-state index is 6.26. The molecule has 0 bridgehead atoms. The molecule has 0 amide bonds. The van der Waals surface area contributed by atoms with Crippen LogP contribution in [0.2, 0.25) is 5.15 Å². The minimum atomic E-state index is 0.472.